The lowest BCUT2D eigenvalue weighted by atomic mass is 10.2. The van der Waals surface area contributed by atoms with Crippen molar-refractivity contribution in [3.8, 4) is 6.07 Å². The first-order chi connectivity index (χ1) is 8.06. The monoisotopic (exact) mass is 240 g/mol. The molecule has 0 aliphatic heterocycles. The molecule has 0 aromatic heterocycles. The summed E-state index contributed by atoms with van der Waals surface area (Å²) in [5.74, 6) is -1.49. The van der Waals surface area contributed by atoms with Crippen LogP contribution in [0.2, 0.25) is 0 Å². The van der Waals surface area contributed by atoms with Gasteiger partial charge >= 0.3 is 5.97 Å². The number of carbonyl (C=O) groups excluding carboxylic acids is 2. The zero-order valence-electron chi connectivity index (χ0n) is 9.43. The van der Waals surface area contributed by atoms with Gasteiger partial charge in [-0.2, -0.15) is 10.4 Å². The summed E-state index contributed by atoms with van der Waals surface area (Å²) in [6, 6.07) is 1.62. The Kier molecular flexibility index (Phi) is 6.69. The number of esters is 1. The Bertz CT molecular complexity index is 394. The van der Waals surface area contributed by atoms with E-state index in [4.69, 9.17) is 10.5 Å². The Balaban J connectivity index is 4.61. The van der Waals surface area contributed by atoms with Crippen molar-refractivity contribution in [2.24, 2.45) is 10.3 Å². The van der Waals surface area contributed by atoms with Gasteiger partial charge in [0, 0.05) is 0 Å². The van der Waals surface area contributed by atoms with Crippen LogP contribution in [0.4, 0.5) is 0 Å². The fourth-order valence-corrected chi connectivity index (χ4v) is 0.771. The maximum absolute atomic E-state index is 11.2. The predicted octanol–water partition coefficient (Wildman–Crippen LogP) is -0.215. The Morgan fingerprint density at radius 1 is 1.53 bits per heavy atom. The summed E-state index contributed by atoms with van der Waals surface area (Å²) in [6.45, 7) is 3.05. The summed E-state index contributed by atoms with van der Waals surface area (Å²) in [4.78, 5) is 22.1. The van der Waals surface area contributed by atoms with E-state index in [0.717, 1.165) is 0 Å². The van der Waals surface area contributed by atoms with Crippen LogP contribution in [0.3, 0.4) is 0 Å². The average molecular weight is 240 g/mol. The SMILES string of the molecule is CCOC(=O)C(=N\O)/C(C)=N\NC(=O)CC#N. The topological polar surface area (TPSA) is 124 Å². The van der Waals surface area contributed by atoms with E-state index in [1.54, 1.807) is 13.0 Å². The van der Waals surface area contributed by atoms with Crippen LogP contribution in [0.15, 0.2) is 10.3 Å². The summed E-state index contributed by atoms with van der Waals surface area (Å²) < 4.78 is 4.59. The molecule has 0 spiro atoms. The van der Waals surface area contributed by atoms with E-state index in [9.17, 15) is 9.59 Å². The zero-order chi connectivity index (χ0) is 13.3. The van der Waals surface area contributed by atoms with E-state index in [1.165, 1.54) is 6.92 Å². The minimum Gasteiger partial charge on any atom is -0.461 e. The molecule has 8 heteroatoms. The number of nitrogens with one attached hydrogen (secondary N) is 1. The van der Waals surface area contributed by atoms with Gasteiger partial charge in [0.2, 0.25) is 5.71 Å². The molecule has 1 amide bonds. The van der Waals surface area contributed by atoms with Gasteiger partial charge < -0.3 is 9.94 Å². The number of nitrogens with zero attached hydrogens (tertiary/aromatic N) is 3. The minimum atomic E-state index is -0.856. The Morgan fingerprint density at radius 3 is 2.65 bits per heavy atom. The summed E-state index contributed by atoms with van der Waals surface area (Å²) in [6.07, 6.45) is -0.359. The molecule has 0 atom stereocenters. The van der Waals surface area contributed by atoms with Gasteiger partial charge in [-0.15, -0.1) is 0 Å². The van der Waals surface area contributed by atoms with Crippen molar-refractivity contribution in [3.63, 3.8) is 0 Å². The van der Waals surface area contributed by atoms with Crippen LogP contribution in [-0.4, -0.2) is 35.1 Å². The fourth-order valence-electron chi connectivity index (χ4n) is 0.771. The number of hydrazone groups is 1. The number of rotatable bonds is 5. The molecular weight excluding hydrogens is 228 g/mol. The first kappa shape index (κ1) is 14.6. The first-order valence-corrected chi connectivity index (χ1v) is 4.66. The third-order valence-corrected chi connectivity index (χ3v) is 1.50. The van der Waals surface area contributed by atoms with Gasteiger partial charge in [-0.05, 0) is 13.8 Å². The number of hydrogen-bond acceptors (Lipinski definition) is 7. The second kappa shape index (κ2) is 7.81. The molecule has 0 radical (unpaired) electrons. The van der Waals surface area contributed by atoms with Crippen LogP contribution >= 0.6 is 0 Å². The summed E-state index contributed by atoms with van der Waals surface area (Å²) in [5.41, 5.74) is 1.58. The molecule has 0 fully saturated rings. The van der Waals surface area contributed by atoms with Gasteiger partial charge in [-0.1, -0.05) is 5.16 Å². The molecule has 8 nitrogen and oxygen atoms in total. The van der Waals surface area contributed by atoms with Crippen molar-refractivity contribution in [1.29, 1.82) is 5.26 Å². The van der Waals surface area contributed by atoms with Gasteiger partial charge in [0.15, 0.2) is 0 Å². The number of ether oxygens (including phenoxy) is 1. The van der Waals surface area contributed by atoms with E-state index < -0.39 is 17.6 Å². The molecule has 0 bridgehead atoms. The highest BCUT2D eigenvalue weighted by molar-refractivity contribution is 6.65. The van der Waals surface area contributed by atoms with Crippen LogP contribution < -0.4 is 5.43 Å². The first-order valence-electron chi connectivity index (χ1n) is 4.66. The number of nitriles is 1. The van der Waals surface area contributed by atoms with E-state index in [-0.39, 0.29) is 18.7 Å². The maximum atomic E-state index is 11.2. The lowest BCUT2D eigenvalue weighted by Crippen LogP contribution is -2.28. The number of carbonyl (C=O) groups is 2. The van der Waals surface area contributed by atoms with Crippen molar-refractivity contribution < 1.29 is 19.5 Å². The van der Waals surface area contributed by atoms with Crippen LogP contribution in [0.1, 0.15) is 20.3 Å². The molecule has 0 saturated heterocycles. The van der Waals surface area contributed by atoms with Crippen LogP contribution in [0, 0.1) is 11.3 Å². The smallest absolute Gasteiger partial charge is 0.362 e. The zero-order valence-corrected chi connectivity index (χ0v) is 9.43. The lowest BCUT2D eigenvalue weighted by Gasteiger charge is -2.03. The molecule has 0 aliphatic carbocycles. The molecule has 92 valence electrons. The van der Waals surface area contributed by atoms with Gasteiger partial charge in [0.1, 0.15) is 6.42 Å². The third-order valence-electron chi connectivity index (χ3n) is 1.50. The van der Waals surface area contributed by atoms with Crippen molar-refractivity contribution in [1.82, 2.24) is 5.43 Å². The Hall–Kier alpha value is -2.43. The van der Waals surface area contributed by atoms with Crippen LogP contribution in [0.25, 0.3) is 0 Å². The standard InChI is InChI=1S/C9H12N4O4/c1-3-17-9(15)8(13-16)6(2)11-12-7(14)4-5-10/h16H,3-4H2,1-2H3,(H,12,14)/b11-6-,13-8-. The fraction of sp³-hybridized carbons (Fsp3) is 0.444. The highest BCUT2D eigenvalue weighted by Crippen LogP contribution is 1.89. The second-order valence-electron chi connectivity index (χ2n) is 2.74. The van der Waals surface area contributed by atoms with Crippen molar-refractivity contribution in [2.45, 2.75) is 20.3 Å². The van der Waals surface area contributed by atoms with E-state index in [2.05, 4.69) is 15.0 Å². The minimum absolute atomic E-state index is 0.0303. The Labute approximate surface area is 97.5 Å². The molecule has 0 saturated carbocycles. The van der Waals surface area contributed by atoms with Crippen molar-refractivity contribution in [3.05, 3.63) is 0 Å². The molecule has 0 aliphatic rings. The third kappa shape index (κ3) is 5.27. The second-order valence-corrected chi connectivity index (χ2v) is 2.74. The molecule has 17 heavy (non-hydrogen) atoms. The van der Waals surface area contributed by atoms with Gasteiger partial charge in [-0.3, -0.25) is 4.79 Å². The molecular formula is C9H12N4O4. The van der Waals surface area contributed by atoms with Crippen molar-refractivity contribution >= 4 is 23.3 Å². The summed E-state index contributed by atoms with van der Waals surface area (Å²) >= 11 is 0. The molecule has 0 unspecified atom stereocenters. The molecule has 0 aromatic carbocycles. The van der Waals surface area contributed by atoms with Crippen molar-refractivity contribution in [2.75, 3.05) is 6.61 Å². The van der Waals surface area contributed by atoms with Gasteiger partial charge in [-0.25, -0.2) is 10.2 Å². The average Bonchev–Trinajstić information content (AvgIpc) is 2.28. The van der Waals surface area contributed by atoms with Gasteiger partial charge in [0.25, 0.3) is 5.91 Å². The molecule has 0 heterocycles. The summed E-state index contributed by atoms with van der Waals surface area (Å²) in [5, 5.41) is 23.0. The number of amides is 1. The predicted molar refractivity (Wildman–Crippen MR) is 57.3 cm³/mol. The molecule has 0 aromatic rings. The largest absolute Gasteiger partial charge is 0.461 e. The normalized spacial score (nSPS) is 11.6. The number of hydrogen-bond donors (Lipinski definition) is 2. The quantitative estimate of drug-likeness (QED) is 0.297. The van der Waals surface area contributed by atoms with E-state index in [0.29, 0.717) is 0 Å². The van der Waals surface area contributed by atoms with Crippen LogP contribution in [-0.2, 0) is 14.3 Å². The lowest BCUT2D eigenvalue weighted by molar-refractivity contribution is -0.135. The number of oxime groups is 1. The highest BCUT2D eigenvalue weighted by Gasteiger charge is 2.17. The van der Waals surface area contributed by atoms with E-state index >= 15 is 0 Å². The molecule has 2 N–H and O–H groups in total. The van der Waals surface area contributed by atoms with E-state index in [1.807, 2.05) is 5.43 Å². The summed E-state index contributed by atoms with van der Waals surface area (Å²) in [7, 11) is 0. The maximum Gasteiger partial charge on any atom is 0.362 e. The highest BCUT2D eigenvalue weighted by atomic mass is 16.5. The van der Waals surface area contributed by atoms with Crippen LogP contribution in [0.5, 0.6) is 0 Å². The van der Waals surface area contributed by atoms with Gasteiger partial charge in [0.05, 0.1) is 18.4 Å². The Morgan fingerprint density at radius 2 is 2.18 bits per heavy atom. The molecule has 0 rings (SSSR count).